The van der Waals surface area contributed by atoms with Gasteiger partial charge in [-0.2, -0.15) is 0 Å². The number of nitrogens with one attached hydrogen (secondary N) is 3. The van der Waals surface area contributed by atoms with Crippen LogP contribution >= 0.6 is 0 Å². The number of likely N-dealkylation sites (tertiary alicyclic amines) is 1. The lowest BCUT2D eigenvalue weighted by Gasteiger charge is -2.28. The summed E-state index contributed by atoms with van der Waals surface area (Å²) in [5.74, 6) is -1.97. The van der Waals surface area contributed by atoms with E-state index in [1.165, 1.54) is 0 Å². The zero-order chi connectivity index (χ0) is 17.0. The fourth-order valence-electron chi connectivity index (χ4n) is 2.80. The van der Waals surface area contributed by atoms with Crippen molar-refractivity contribution >= 4 is 11.9 Å². The van der Waals surface area contributed by atoms with Crippen LogP contribution in [0.1, 0.15) is 35.8 Å². The zero-order valence-electron chi connectivity index (χ0n) is 12.8. The molecule has 0 amide bonds. The van der Waals surface area contributed by atoms with E-state index in [2.05, 4.69) is 4.98 Å². The second kappa shape index (κ2) is 7.23. The highest BCUT2D eigenvalue weighted by molar-refractivity contribution is 5.84. The van der Waals surface area contributed by atoms with E-state index in [-0.39, 0.29) is 24.0 Å². The number of hydrogen-bond donors (Lipinski definition) is 3. The third kappa shape index (κ3) is 4.07. The molecule has 0 atom stereocenters. The maximum absolute atomic E-state index is 11.8. The smallest absolute Gasteiger partial charge is 0.326 e. The molecule has 1 aromatic rings. The standard InChI is InChI=1S/C14H19N3O6/c1-2-23-13(21)8-3-5-17(6-4-8)7-9-10(12(19)20)15-14(22)16-11(9)18/h8H,2-7H2,1H3,(H,19,20)(H2,15,16,18,22). The lowest BCUT2D eigenvalue weighted by atomic mass is 9.96. The molecule has 2 rings (SSSR count). The number of aromatic carboxylic acids is 1. The van der Waals surface area contributed by atoms with Gasteiger partial charge in [0, 0.05) is 12.8 Å². The first-order valence-electron chi connectivity index (χ1n) is 7.49. The molecule has 0 saturated carbocycles. The Morgan fingerprint density at radius 3 is 2.48 bits per heavy atom. The molecule has 9 nitrogen and oxygen atoms in total. The lowest BCUT2D eigenvalue weighted by molar-refractivity contribution is -0.919. The van der Waals surface area contributed by atoms with Crippen LogP contribution in [-0.2, 0) is 16.1 Å². The topological polar surface area (TPSA) is 137 Å². The van der Waals surface area contributed by atoms with Gasteiger partial charge in [-0.3, -0.25) is 14.6 Å². The number of aromatic nitrogens is 2. The van der Waals surface area contributed by atoms with Gasteiger partial charge < -0.3 is 24.5 Å². The maximum Gasteiger partial charge on any atom is 0.326 e. The van der Waals surface area contributed by atoms with Crippen LogP contribution < -0.4 is 21.3 Å². The predicted molar refractivity (Wildman–Crippen MR) is 75.8 cm³/mol. The SMILES string of the molecule is CCOC(=O)C1CC[NH+](Cc2c(C(=O)[O-])[nH]c(=O)[nH]c2=O)CC1. The molecule has 0 radical (unpaired) electrons. The van der Waals surface area contributed by atoms with Gasteiger partial charge in [-0.25, -0.2) is 4.79 Å². The molecular formula is C14H19N3O6. The Kier molecular flexibility index (Phi) is 5.32. The number of H-pyrrole nitrogens is 2. The van der Waals surface area contributed by atoms with E-state index in [1.807, 2.05) is 4.98 Å². The van der Waals surface area contributed by atoms with Gasteiger partial charge in [0.1, 0.15) is 6.54 Å². The number of hydrogen-bond acceptors (Lipinski definition) is 6. The summed E-state index contributed by atoms with van der Waals surface area (Å²) in [7, 11) is 0. The van der Waals surface area contributed by atoms with Crippen LogP contribution in [0.4, 0.5) is 0 Å². The molecule has 1 saturated heterocycles. The van der Waals surface area contributed by atoms with E-state index in [0.29, 0.717) is 32.5 Å². The molecule has 23 heavy (non-hydrogen) atoms. The van der Waals surface area contributed by atoms with Gasteiger partial charge in [-0.05, 0) is 6.92 Å². The van der Waals surface area contributed by atoms with Crippen molar-refractivity contribution in [3.63, 3.8) is 0 Å². The number of esters is 1. The van der Waals surface area contributed by atoms with Crippen molar-refractivity contribution in [2.24, 2.45) is 5.92 Å². The third-order valence-corrected chi connectivity index (χ3v) is 3.98. The summed E-state index contributed by atoms with van der Waals surface area (Å²) >= 11 is 0. The molecule has 0 bridgehead atoms. The molecule has 3 N–H and O–H groups in total. The number of rotatable bonds is 5. The minimum Gasteiger partial charge on any atom is -0.543 e. The molecule has 0 spiro atoms. The van der Waals surface area contributed by atoms with Crippen molar-refractivity contribution < 1.29 is 24.3 Å². The van der Waals surface area contributed by atoms with Crippen LogP contribution in [-0.4, -0.2) is 41.6 Å². The first kappa shape index (κ1) is 16.9. The summed E-state index contributed by atoms with van der Waals surface area (Å²) < 4.78 is 4.99. The first-order valence-corrected chi connectivity index (χ1v) is 7.49. The highest BCUT2D eigenvalue weighted by Gasteiger charge is 2.29. The Bertz CT molecular complexity index is 699. The number of carbonyl (C=O) groups excluding carboxylic acids is 2. The minimum absolute atomic E-state index is 0.0193. The average Bonchev–Trinajstić information content (AvgIpc) is 2.50. The molecule has 0 aliphatic carbocycles. The van der Waals surface area contributed by atoms with Crippen molar-refractivity contribution in [2.45, 2.75) is 26.3 Å². The zero-order valence-corrected chi connectivity index (χ0v) is 12.8. The quantitative estimate of drug-likeness (QED) is 0.487. The molecule has 9 heteroatoms. The van der Waals surface area contributed by atoms with E-state index >= 15 is 0 Å². The Morgan fingerprint density at radius 2 is 1.91 bits per heavy atom. The highest BCUT2D eigenvalue weighted by atomic mass is 16.5. The van der Waals surface area contributed by atoms with E-state index in [1.54, 1.807) is 6.92 Å². The maximum atomic E-state index is 11.8. The Hall–Kier alpha value is -2.42. The highest BCUT2D eigenvalue weighted by Crippen LogP contribution is 2.11. The Morgan fingerprint density at radius 1 is 1.26 bits per heavy atom. The fraction of sp³-hybridized carbons (Fsp3) is 0.571. The van der Waals surface area contributed by atoms with Gasteiger partial charge in [0.2, 0.25) is 0 Å². The monoisotopic (exact) mass is 325 g/mol. The molecule has 126 valence electrons. The van der Waals surface area contributed by atoms with E-state index in [0.717, 1.165) is 4.90 Å². The van der Waals surface area contributed by atoms with Gasteiger partial charge in [-0.1, -0.05) is 0 Å². The summed E-state index contributed by atoms with van der Waals surface area (Å²) in [6.45, 7) is 3.45. The number of piperidine rings is 1. The van der Waals surface area contributed by atoms with Crippen LogP contribution in [0.3, 0.4) is 0 Å². The lowest BCUT2D eigenvalue weighted by Crippen LogP contribution is -3.12. The molecule has 0 unspecified atom stereocenters. The molecule has 1 aromatic heterocycles. The summed E-state index contributed by atoms with van der Waals surface area (Å²) in [5, 5.41) is 11.1. The second-order valence-corrected chi connectivity index (χ2v) is 5.50. The first-order chi connectivity index (χ1) is 10.9. The summed E-state index contributed by atoms with van der Waals surface area (Å²) in [6, 6.07) is 0. The number of aromatic amines is 2. The predicted octanol–water partition coefficient (Wildman–Crippen LogP) is -3.22. The molecule has 1 aliphatic rings. The van der Waals surface area contributed by atoms with Crippen molar-refractivity contribution in [2.75, 3.05) is 19.7 Å². The molecular weight excluding hydrogens is 306 g/mol. The number of carboxylic acids is 1. The van der Waals surface area contributed by atoms with E-state index in [4.69, 9.17) is 4.74 Å². The average molecular weight is 325 g/mol. The molecule has 1 aliphatic heterocycles. The third-order valence-electron chi connectivity index (χ3n) is 3.98. The number of quaternary nitrogens is 1. The van der Waals surface area contributed by atoms with Crippen LogP contribution in [0.2, 0.25) is 0 Å². The van der Waals surface area contributed by atoms with Crippen molar-refractivity contribution in [1.29, 1.82) is 0 Å². The summed E-state index contributed by atoms with van der Waals surface area (Å²) in [4.78, 5) is 50.9. The van der Waals surface area contributed by atoms with E-state index in [9.17, 15) is 24.3 Å². The van der Waals surface area contributed by atoms with Gasteiger partial charge in [0.15, 0.2) is 0 Å². The number of carboxylic acid groups (broad SMARTS) is 1. The van der Waals surface area contributed by atoms with Gasteiger partial charge in [-0.15, -0.1) is 0 Å². The second-order valence-electron chi connectivity index (χ2n) is 5.50. The summed E-state index contributed by atoms with van der Waals surface area (Å²) in [6.07, 6.45) is 1.21. The van der Waals surface area contributed by atoms with Gasteiger partial charge in [0.25, 0.3) is 5.56 Å². The molecule has 1 fully saturated rings. The van der Waals surface area contributed by atoms with Crippen LogP contribution in [0, 0.1) is 5.92 Å². The minimum atomic E-state index is -1.59. The van der Waals surface area contributed by atoms with Crippen LogP contribution in [0.25, 0.3) is 0 Å². The largest absolute Gasteiger partial charge is 0.543 e. The van der Waals surface area contributed by atoms with Crippen LogP contribution in [0.5, 0.6) is 0 Å². The Balaban J connectivity index is 2.08. The van der Waals surface area contributed by atoms with Gasteiger partial charge >= 0.3 is 11.7 Å². The van der Waals surface area contributed by atoms with Crippen LogP contribution in [0.15, 0.2) is 9.59 Å². The number of carbonyl (C=O) groups is 2. The van der Waals surface area contributed by atoms with E-state index < -0.39 is 22.9 Å². The normalized spacial score (nSPS) is 20.9. The number of ether oxygens (including phenoxy) is 1. The van der Waals surface area contributed by atoms with Gasteiger partial charge in [0.05, 0.1) is 42.8 Å². The molecule has 2 heterocycles. The van der Waals surface area contributed by atoms with Crippen molar-refractivity contribution in [1.82, 2.24) is 9.97 Å². The molecule has 0 aromatic carbocycles. The Labute approximate surface area is 131 Å². The van der Waals surface area contributed by atoms with Crippen molar-refractivity contribution in [3.8, 4) is 0 Å². The summed E-state index contributed by atoms with van der Waals surface area (Å²) in [5.41, 5.74) is -2.12. The van der Waals surface area contributed by atoms with Crippen molar-refractivity contribution in [3.05, 3.63) is 32.1 Å². The fourth-order valence-corrected chi connectivity index (χ4v) is 2.80.